The second-order valence-electron chi connectivity index (χ2n) is 5.71. The first-order chi connectivity index (χ1) is 11.7. The van der Waals surface area contributed by atoms with Crippen molar-refractivity contribution in [1.82, 2.24) is 14.9 Å². The van der Waals surface area contributed by atoms with Gasteiger partial charge in [-0.1, -0.05) is 0 Å². The Morgan fingerprint density at radius 2 is 2.29 bits per heavy atom. The maximum atomic E-state index is 12.8. The van der Waals surface area contributed by atoms with Gasteiger partial charge in [0.15, 0.2) is 18.2 Å². The number of nitrogens with zero attached hydrogens (tertiary/aromatic N) is 4. The number of pyridine rings is 1. The van der Waals surface area contributed by atoms with Gasteiger partial charge < -0.3 is 9.64 Å². The van der Waals surface area contributed by atoms with Gasteiger partial charge in [-0.25, -0.2) is 9.97 Å². The predicted octanol–water partition coefficient (Wildman–Crippen LogP) is 1.63. The van der Waals surface area contributed by atoms with Gasteiger partial charge in [-0.05, 0) is 25.0 Å². The summed E-state index contributed by atoms with van der Waals surface area (Å²) in [5, 5.41) is 2.87. The lowest BCUT2D eigenvalue weighted by Gasteiger charge is -2.30. The summed E-state index contributed by atoms with van der Waals surface area (Å²) >= 11 is 1.56. The zero-order chi connectivity index (χ0) is 16.5. The molecule has 0 saturated carbocycles. The number of rotatable bonds is 3. The largest absolute Gasteiger partial charge is 0.480 e. The number of likely N-dealkylation sites (tertiary alicyclic amines) is 1. The van der Waals surface area contributed by atoms with Crippen LogP contribution < -0.4 is 9.64 Å². The monoisotopic (exact) mass is 344 g/mol. The van der Waals surface area contributed by atoms with Crippen LogP contribution in [0.3, 0.4) is 0 Å². The first-order valence-electron chi connectivity index (χ1n) is 7.81. The zero-order valence-electron chi connectivity index (χ0n) is 12.9. The summed E-state index contributed by atoms with van der Waals surface area (Å²) in [6.07, 6.45) is 5.20. The lowest BCUT2D eigenvalue weighted by Crippen LogP contribution is -2.46. The van der Waals surface area contributed by atoms with E-state index < -0.39 is 0 Å². The van der Waals surface area contributed by atoms with Crippen molar-refractivity contribution < 1.29 is 14.3 Å². The van der Waals surface area contributed by atoms with E-state index in [1.807, 2.05) is 10.3 Å². The summed E-state index contributed by atoms with van der Waals surface area (Å²) in [6.45, 7) is 0.604. The van der Waals surface area contributed by atoms with Gasteiger partial charge in [0.05, 0.1) is 6.04 Å². The maximum Gasteiger partial charge on any atom is 0.266 e. The van der Waals surface area contributed by atoms with Gasteiger partial charge >= 0.3 is 0 Å². The van der Waals surface area contributed by atoms with E-state index in [0.717, 1.165) is 17.8 Å². The number of amides is 2. The first kappa shape index (κ1) is 15.1. The minimum atomic E-state index is -0.250. The topological polar surface area (TPSA) is 75.6 Å². The van der Waals surface area contributed by atoms with Crippen molar-refractivity contribution in [3.05, 3.63) is 34.9 Å². The number of hydrogen-bond donors (Lipinski definition) is 0. The standard InChI is InChI=1S/C16H16N4O3S/c21-13(19-7-2-3-11(19)16-18-6-8-24-16)9-20-14(22)10-23-12-4-1-5-17-15(12)20/h1,4-6,8,11H,2-3,7,9-10H2/t11-/m1/s1. The van der Waals surface area contributed by atoms with Gasteiger partial charge in [-0.15, -0.1) is 11.3 Å². The summed E-state index contributed by atoms with van der Waals surface area (Å²) in [5.41, 5.74) is 0. The highest BCUT2D eigenvalue weighted by atomic mass is 32.1. The molecule has 7 nitrogen and oxygen atoms in total. The third kappa shape index (κ3) is 2.62. The summed E-state index contributed by atoms with van der Waals surface area (Å²) < 4.78 is 5.37. The van der Waals surface area contributed by atoms with E-state index in [4.69, 9.17) is 4.74 Å². The van der Waals surface area contributed by atoms with Crippen LogP contribution in [0.5, 0.6) is 5.75 Å². The number of ether oxygens (including phenoxy) is 1. The molecule has 0 aliphatic carbocycles. The summed E-state index contributed by atoms with van der Waals surface area (Å²) in [5.74, 6) is 0.606. The molecule has 1 fully saturated rings. The molecule has 0 bridgehead atoms. The van der Waals surface area contributed by atoms with E-state index >= 15 is 0 Å². The van der Waals surface area contributed by atoms with Crippen LogP contribution in [0.4, 0.5) is 5.82 Å². The molecule has 24 heavy (non-hydrogen) atoms. The Balaban J connectivity index is 1.55. The minimum Gasteiger partial charge on any atom is -0.480 e. The molecule has 0 unspecified atom stereocenters. The highest BCUT2D eigenvalue weighted by molar-refractivity contribution is 7.09. The molecule has 1 saturated heterocycles. The molecule has 0 spiro atoms. The zero-order valence-corrected chi connectivity index (χ0v) is 13.7. The fourth-order valence-corrected chi connectivity index (χ4v) is 3.93. The van der Waals surface area contributed by atoms with E-state index in [2.05, 4.69) is 9.97 Å². The van der Waals surface area contributed by atoms with E-state index in [1.165, 1.54) is 4.90 Å². The molecule has 2 aliphatic rings. The molecule has 2 amide bonds. The molecule has 1 atom stereocenters. The molecule has 0 radical (unpaired) electrons. The molecule has 0 aromatic carbocycles. The van der Waals surface area contributed by atoms with Gasteiger partial charge in [-0.3, -0.25) is 14.5 Å². The molecule has 2 aliphatic heterocycles. The molecule has 8 heteroatoms. The van der Waals surface area contributed by atoms with Gasteiger partial charge in [0.2, 0.25) is 5.91 Å². The van der Waals surface area contributed by atoms with Crippen molar-refractivity contribution >= 4 is 29.0 Å². The lowest BCUT2D eigenvalue weighted by atomic mass is 10.2. The maximum absolute atomic E-state index is 12.8. The molecule has 0 N–H and O–H groups in total. The summed E-state index contributed by atoms with van der Waals surface area (Å²) in [6, 6.07) is 3.51. The van der Waals surface area contributed by atoms with Crippen LogP contribution >= 0.6 is 11.3 Å². The lowest BCUT2D eigenvalue weighted by molar-refractivity contribution is -0.132. The number of anilines is 1. The fraction of sp³-hybridized carbons (Fsp3) is 0.375. The first-order valence-corrected chi connectivity index (χ1v) is 8.69. The van der Waals surface area contributed by atoms with Crippen molar-refractivity contribution in [2.24, 2.45) is 0 Å². The smallest absolute Gasteiger partial charge is 0.266 e. The molecule has 124 valence electrons. The average molecular weight is 344 g/mol. The highest BCUT2D eigenvalue weighted by Gasteiger charge is 2.35. The van der Waals surface area contributed by atoms with Crippen LogP contribution in [-0.2, 0) is 9.59 Å². The fourth-order valence-electron chi connectivity index (χ4n) is 3.14. The Morgan fingerprint density at radius 1 is 1.38 bits per heavy atom. The Kier molecular flexibility index (Phi) is 3.89. The Morgan fingerprint density at radius 3 is 3.12 bits per heavy atom. The van der Waals surface area contributed by atoms with E-state index in [1.54, 1.807) is 35.9 Å². The van der Waals surface area contributed by atoms with Gasteiger partial charge in [0.1, 0.15) is 11.6 Å². The van der Waals surface area contributed by atoms with Crippen LogP contribution in [0.2, 0.25) is 0 Å². The summed E-state index contributed by atoms with van der Waals surface area (Å²) in [4.78, 5) is 36.8. The van der Waals surface area contributed by atoms with Crippen molar-refractivity contribution in [3.63, 3.8) is 0 Å². The van der Waals surface area contributed by atoms with Gasteiger partial charge in [0, 0.05) is 24.3 Å². The van der Waals surface area contributed by atoms with Crippen molar-refractivity contribution in [2.45, 2.75) is 18.9 Å². The number of hydrogen-bond acceptors (Lipinski definition) is 6. The molecular formula is C16H16N4O3S. The molecule has 4 rings (SSSR count). The predicted molar refractivity (Wildman–Crippen MR) is 87.9 cm³/mol. The molecule has 2 aromatic heterocycles. The normalized spacial score (nSPS) is 20.0. The second kappa shape index (κ2) is 6.20. The van der Waals surface area contributed by atoms with Crippen LogP contribution in [0.15, 0.2) is 29.9 Å². The van der Waals surface area contributed by atoms with Crippen LogP contribution in [0.25, 0.3) is 0 Å². The number of carbonyl (C=O) groups is 2. The Labute approximate surface area is 142 Å². The van der Waals surface area contributed by atoms with E-state index in [-0.39, 0.29) is 31.0 Å². The number of thiazole rings is 1. The van der Waals surface area contributed by atoms with Crippen molar-refractivity contribution in [2.75, 3.05) is 24.6 Å². The van der Waals surface area contributed by atoms with E-state index in [0.29, 0.717) is 18.1 Å². The second-order valence-corrected chi connectivity index (χ2v) is 6.64. The average Bonchev–Trinajstić information content (AvgIpc) is 3.28. The number of carbonyl (C=O) groups excluding carboxylic acids is 2. The Bertz CT molecular complexity index is 764. The SMILES string of the molecule is O=C1COc2cccnc2N1CC(=O)N1CCC[C@@H]1c1nccs1. The van der Waals surface area contributed by atoms with Crippen molar-refractivity contribution in [3.8, 4) is 5.75 Å². The third-order valence-electron chi connectivity index (χ3n) is 4.26. The van der Waals surface area contributed by atoms with Crippen LogP contribution in [0, 0.1) is 0 Å². The number of aromatic nitrogens is 2. The third-order valence-corrected chi connectivity index (χ3v) is 5.14. The van der Waals surface area contributed by atoms with Crippen LogP contribution in [0.1, 0.15) is 23.9 Å². The number of fused-ring (bicyclic) bond motifs is 1. The quantitative estimate of drug-likeness (QED) is 0.846. The van der Waals surface area contributed by atoms with E-state index in [9.17, 15) is 9.59 Å². The Hall–Kier alpha value is -2.48. The molecular weight excluding hydrogens is 328 g/mol. The van der Waals surface area contributed by atoms with Crippen LogP contribution in [-0.4, -0.2) is 46.4 Å². The summed E-state index contributed by atoms with van der Waals surface area (Å²) in [7, 11) is 0. The molecule has 4 heterocycles. The molecule has 2 aromatic rings. The highest BCUT2D eigenvalue weighted by Crippen LogP contribution is 2.34. The minimum absolute atomic E-state index is 0.0110. The van der Waals surface area contributed by atoms with Crippen molar-refractivity contribution in [1.29, 1.82) is 0 Å². The van der Waals surface area contributed by atoms with Gasteiger partial charge in [-0.2, -0.15) is 0 Å². The van der Waals surface area contributed by atoms with Gasteiger partial charge in [0.25, 0.3) is 5.91 Å².